The number of hydrogen-bond acceptors (Lipinski definition) is 11. The maximum atomic E-state index is 13.5. The molecule has 2 fully saturated rings. The standard InChI is InChI=1S/C30H36F3N5O9S2/c1-36-18-22(16-35-36)21-5-3-7-26(13-21)49(43,44)38-11-9-29(10-12-38)15-23(19-46-29)34-17-24(39)20-45-25-6-4-8-27(14-25)48(41,42)37(2)47-28(40)30(31,32)33/h3-8,13-14,16,18,23-24,34,39H,9-12,15,17,19-20H2,1-2H3/t23?,24-/m0/s1. The highest BCUT2D eigenvalue weighted by Gasteiger charge is 2.45. The summed E-state index contributed by atoms with van der Waals surface area (Å²) in [5.74, 6) is -2.69. The number of benzene rings is 2. The van der Waals surface area contributed by atoms with Crippen molar-refractivity contribution >= 4 is 26.0 Å². The van der Waals surface area contributed by atoms with Crippen LogP contribution in [0.4, 0.5) is 13.2 Å². The summed E-state index contributed by atoms with van der Waals surface area (Å²) in [4.78, 5) is 14.7. The molecule has 2 aromatic carbocycles. The van der Waals surface area contributed by atoms with E-state index in [1.54, 1.807) is 36.1 Å². The number of hydroxylamine groups is 1. The van der Waals surface area contributed by atoms with Crippen molar-refractivity contribution in [3.63, 3.8) is 0 Å². The zero-order valence-electron chi connectivity index (χ0n) is 26.5. The van der Waals surface area contributed by atoms with Gasteiger partial charge in [-0.2, -0.15) is 22.6 Å². The molecule has 0 saturated carbocycles. The van der Waals surface area contributed by atoms with Gasteiger partial charge in [-0.3, -0.25) is 4.68 Å². The molecule has 14 nitrogen and oxygen atoms in total. The Labute approximate surface area is 281 Å². The van der Waals surface area contributed by atoms with Crippen molar-refractivity contribution in [2.24, 2.45) is 7.05 Å². The van der Waals surface area contributed by atoms with Crippen LogP contribution in [-0.4, -0.2) is 110 Å². The summed E-state index contributed by atoms with van der Waals surface area (Å²) in [6.07, 6.45) is -1.31. The molecule has 2 saturated heterocycles. The van der Waals surface area contributed by atoms with Crippen molar-refractivity contribution in [2.45, 2.75) is 53.0 Å². The first-order chi connectivity index (χ1) is 23.0. The molecule has 0 radical (unpaired) electrons. The van der Waals surface area contributed by atoms with Crippen molar-refractivity contribution in [1.29, 1.82) is 0 Å². The van der Waals surface area contributed by atoms with Crippen LogP contribution >= 0.6 is 0 Å². The van der Waals surface area contributed by atoms with Gasteiger partial charge in [-0.25, -0.2) is 21.6 Å². The second-order valence-electron chi connectivity index (χ2n) is 11.9. The third-order valence-electron chi connectivity index (χ3n) is 8.32. The fourth-order valence-electron chi connectivity index (χ4n) is 5.66. The van der Waals surface area contributed by atoms with Gasteiger partial charge < -0.3 is 24.7 Å². The first kappa shape index (κ1) is 36.7. The molecular weight excluding hydrogens is 695 g/mol. The number of piperidine rings is 1. The average Bonchev–Trinajstić information content (AvgIpc) is 3.68. The van der Waals surface area contributed by atoms with E-state index in [1.165, 1.54) is 16.4 Å². The zero-order chi connectivity index (χ0) is 35.6. The summed E-state index contributed by atoms with van der Waals surface area (Å²) in [5, 5.41) is 17.9. The molecule has 0 aliphatic carbocycles. The Bertz CT molecular complexity index is 1860. The van der Waals surface area contributed by atoms with Crippen LogP contribution in [0, 0.1) is 0 Å². The summed E-state index contributed by atoms with van der Waals surface area (Å²) in [6.45, 7) is 0.796. The number of alkyl halides is 3. The Morgan fingerprint density at radius 1 is 1.12 bits per heavy atom. The van der Waals surface area contributed by atoms with Crippen molar-refractivity contribution in [3.05, 3.63) is 60.9 Å². The number of aryl methyl sites for hydroxylation is 1. The van der Waals surface area contributed by atoms with Crippen LogP contribution in [-0.2, 0) is 41.5 Å². The van der Waals surface area contributed by atoms with Crippen LogP contribution in [0.25, 0.3) is 11.1 Å². The number of ether oxygens (including phenoxy) is 2. The molecule has 1 unspecified atom stereocenters. The lowest BCUT2D eigenvalue weighted by atomic mass is 9.88. The molecule has 268 valence electrons. The molecule has 2 aliphatic heterocycles. The minimum absolute atomic E-state index is 0.00402. The number of carbonyl (C=O) groups is 1. The zero-order valence-corrected chi connectivity index (χ0v) is 28.2. The van der Waals surface area contributed by atoms with E-state index in [0.29, 0.717) is 32.9 Å². The Morgan fingerprint density at radius 2 is 1.82 bits per heavy atom. The van der Waals surface area contributed by atoms with E-state index in [9.17, 15) is 39.9 Å². The van der Waals surface area contributed by atoms with E-state index in [2.05, 4.69) is 15.3 Å². The molecule has 19 heteroatoms. The van der Waals surface area contributed by atoms with E-state index in [-0.39, 0.29) is 47.4 Å². The van der Waals surface area contributed by atoms with Gasteiger partial charge in [-0.1, -0.05) is 18.2 Å². The summed E-state index contributed by atoms with van der Waals surface area (Å²) in [6, 6.07) is 11.4. The van der Waals surface area contributed by atoms with Gasteiger partial charge in [0.05, 0.1) is 28.2 Å². The average molecular weight is 732 g/mol. The van der Waals surface area contributed by atoms with Gasteiger partial charge in [0.1, 0.15) is 18.5 Å². The Hall–Kier alpha value is -3.59. The first-order valence-corrected chi connectivity index (χ1v) is 18.0. The van der Waals surface area contributed by atoms with Crippen LogP contribution in [0.1, 0.15) is 19.3 Å². The first-order valence-electron chi connectivity index (χ1n) is 15.1. The van der Waals surface area contributed by atoms with Gasteiger partial charge in [-0.15, -0.1) is 0 Å². The lowest BCUT2D eigenvalue weighted by molar-refractivity contribution is -0.219. The van der Waals surface area contributed by atoms with Gasteiger partial charge in [0.15, 0.2) is 0 Å². The van der Waals surface area contributed by atoms with Gasteiger partial charge >= 0.3 is 12.1 Å². The van der Waals surface area contributed by atoms with E-state index in [0.717, 1.165) is 23.3 Å². The molecule has 2 N–H and O–H groups in total. The minimum Gasteiger partial charge on any atom is -0.491 e. The maximum Gasteiger partial charge on any atom is 0.492 e. The van der Waals surface area contributed by atoms with Crippen molar-refractivity contribution in [1.82, 2.24) is 23.9 Å². The van der Waals surface area contributed by atoms with Crippen LogP contribution in [0.5, 0.6) is 5.75 Å². The monoisotopic (exact) mass is 731 g/mol. The molecule has 0 bridgehead atoms. The Balaban J connectivity index is 1.08. The molecular formula is C30H36F3N5O9S2. The molecule has 5 rings (SSSR count). The van der Waals surface area contributed by atoms with Crippen LogP contribution in [0.2, 0.25) is 0 Å². The molecule has 3 aromatic rings. The Morgan fingerprint density at radius 3 is 2.49 bits per heavy atom. The van der Waals surface area contributed by atoms with E-state index >= 15 is 0 Å². The largest absolute Gasteiger partial charge is 0.492 e. The minimum atomic E-state index is -5.39. The quantitative estimate of drug-likeness (QED) is 0.262. The van der Waals surface area contributed by atoms with Crippen LogP contribution in [0.3, 0.4) is 0 Å². The lowest BCUT2D eigenvalue weighted by Gasteiger charge is -2.38. The predicted molar refractivity (Wildman–Crippen MR) is 167 cm³/mol. The van der Waals surface area contributed by atoms with Crippen molar-refractivity contribution in [2.75, 3.05) is 39.9 Å². The van der Waals surface area contributed by atoms with Crippen LogP contribution in [0.15, 0.2) is 70.7 Å². The van der Waals surface area contributed by atoms with Gasteiger partial charge in [0.25, 0.3) is 10.0 Å². The van der Waals surface area contributed by atoms with Crippen molar-refractivity contribution < 1.29 is 54.2 Å². The number of hydrogen-bond donors (Lipinski definition) is 2. The van der Waals surface area contributed by atoms with Crippen molar-refractivity contribution in [3.8, 4) is 16.9 Å². The summed E-state index contributed by atoms with van der Waals surface area (Å²) in [7, 11) is -5.94. The van der Waals surface area contributed by atoms with Gasteiger partial charge in [0.2, 0.25) is 10.0 Å². The van der Waals surface area contributed by atoms with E-state index < -0.39 is 48.8 Å². The third kappa shape index (κ3) is 8.59. The number of aliphatic hydroxyl groups excluding tert-OH is 1. The lowest BCUT2D eigenvalue weighted by Crippen LogP contribution is -2.47. The number of rotatable bonds is 12. The molecule has 49 heavy (non-hydrogen) atoms. The summed E-state index contributed by atoms with van der Waals surface area (Å²) in [5.41, 5.74) is 1.07. The van der Waals surface area contributed by atoms with Gasteiger partial charge in [-0.05, 0) is 53.6 Å². The highest BCUT2D eigenvalue weighted by Crippen LogP contribution is 2.38. The maximum absolute atomic E-state index is 13.5. The number of aliphatic hydroxyl groups is 1. The number of nitrogens with one attached hydrogen (secondary N) is 1. The molecule has 3 heterocycles. The topological polar surface area (TPSA) is 170 Å². The third-order valence-corrected chi connectivity index (χ3v) is 11.8. The molecule has 0 amide bonds. The number of halogens is 3. The fourth-order valence-corrected chi connectivity index (χ4v) is 8.12. The molecule has 2 atom stereocenters. The number of sulfonamides is 2. The van der Waals surface area contributed by atoms with Gasteiger partial charge in [0, 0.05) is 57.6 Å². The fraction of sp³-hybridized carbons (Fsp3) is 0.467. The van der Waals surface area contributed by atoms with Crippen LogP contribution < -0.4 is 10.1 Å². The molecule has 1 spiro atoms. The molecule has 1 aromatic heterocycles. The second kappa shape index (κ2) is 14.3. The number of carbonyl (C=O) groups excluding carboxylic acids is 1. The normalized spacial score (nSPS) is 19.3. The second-order valence-corrected chi connectivity index (χ2v) is 15.7. The summed E-state index contributed by atoms with van der Waals surface area (Å²) < 4.78 is 104. The highest BCUT2D eigenvalue weighted by molar-refractivity contribution is 7.89. The number of nitrogens with zero attached hydrogens (tertiary/aromatic N) is 4. The Kier molecular flexibility index (Phi) is 10.7. The number of aromatic nitrogens is 2. The van der Waals surface area contributed by atoms with E-state index in [4.69, 9.17) is 9.47 Å². The highest BCUT2D eigenvalue weighted by atomic mass is 32.2. The smallest absolute Gasteiger partial charge is 0.491 e. The van der Waals surface area contributed by atoms with E-state index in [1.807, 2.05) is 12.3 Å². The summed E-state index contributed by atoms with van der Waals surface area (Å²) >= 11 is 0. The molecule has 2 aliphatic rings. The predicted octanol–water partition coefficient (Wildman–Crippen LogP) is 2.07. The SMILES string of the molecule is CN(OC(=O)C(F)(F)F)S(=O)(=O)c1cccc(OC[C@@H](O)CNC2COC3(CCN(S(=O)(=O)c4cccc(-c5cnn(C)c5)c4)CC3)C2)c1.